The van der Waals surface area contributed by atoms with Crippen molar-refractivity contribution in [3.8, 4) is 0 Å². The summed E-state index contributed by atoms with van der Waals surface area (Å²) in [6.45, 7) is 7.48. The first-order valence-electron chi connectivity index (χ1n) is 7.19. The molecular formula is C16H26BrFN2. The number of rotatable bonds is 7. The Balaban J connectivity index is 3.02. The Bertz CT molecular complexity index is 416. The average Bonchev–Trinajstić information content (AvgIpc) is 2.35. The van der Waals surface area contributed by atoms with Gasteiger partial charge >= 0.3 is 0 Å². The van der Waals surface area contributed by atoms with E-state index in [0.29, 0.717) is 0 Å². The minimum Gasteiger partial charge on any atom is -0.312 e. The van der Waals surface area contributed by atoms with Crippen LogP contribution in [0.5, 0.6) is 0 Å². The number of likely N-dealkylation sites (N-methyl/N-ethyl adjacent to an activating group) is 2. The highest BCUT2D eigenvalue weighted by molar-refractivity contribution is 9.10. The molecule has 0 radical (unpaired) electrons. The maximum Gasteiger partial charge on any atom is 0.124 e. The molecule has 0 bridgehead atoms. The Morgan fingerprint density at radius 3 is 2.40 bits per heavy atom. The van der Waals surface area contributed by atoms with Gasteiger partial charge in [0.1, 0.15) is 5.82 Å². The zero-order valence-electron chi connectivity index (χ0n) is 13.1. The van der Waals surface area contributed by atoms with Crippen molar-refractivity contribution >= 4 is 15.9 Å². The van der Waals surface area contributed by atoms with Gasteiger partial charge in [0.15, 0.2) is 0 Å². The molecule has 0 aliphatic carbocycles. The van der Waals surface area contributed by atoms with Crippen molar-refractivity contribution in [1.82, 2.24) is 10.2 Å². The lowest BCUT2D eigenvalue weighted by Gasteiger charge is -2.43. The highest BCUT2D eigenvalue weighted by Gasteiger charge is 2.34. The molecule has 1 N–H and O–H groups in total. The van der Waals surface area contributed by atoms with Crippen LogP contribution >= 0.6 is 15.9 Å². The molecule has 0 amide bonds. The van der Waals surface area contributed by atoms with Gasteiger partial charge in [0.05, 0.1) is 0 Å². The molecule has 0 saturated heterocycles. The summed E-state index contributed by atoms with van der Waals surface area (Å²) in [6.07, 6.45) is 1.85. The molecule has 0 aromatic heterocycles. The van der Waals surface area contributed by atoms with E-state index in [9.17, 15) is 4.39 Å². The fraction of sp³-hybridized carbons (Fsp3) is 0.625. The van der Waals surface area contributed by atoms with Gasteiger partial charge in [-0.2, -0.15) is 0 Å². The summed E-state index contributed by atoms with van der Waals surface area (Å²) < 4.78 is 14.3. The number of halogens is 2. The van der Waals surface area contributed by atoms with Crippen LogP contribution < -0.4 is 5.32 Å². The molecule has 0 aliphatic rings. The van der Waals surface area contributed by atoms with Gasteiger partial charge < -0.3 is 10.2 Å². The summed E-state index contributed by atoms with van der Waals surface area (Å²) in [6, 6.07) is 5.40. The Morgan fingerprint density at radius 2 is 1.95 bits per heavy atom. The van der Waals surface area contributed by atoms with Crippen LogP contribution in [-0.4, -0.2) is 37.1 Å². The van der Waals surface area contributed by atoms with Crippen molar-refractivity contribution < 1.29 is 4.39 Å². The summed E-state index contributed by atoms with van der Waals surface area (Å²) in [4.78, 5) is 2.26. The molecule has 0 spiro atoms. The van der Waals surface area contributed by atoms with Crippen molar-refractivity contribution in [2.24, 2.45) is 0 Å². The van der Waals surface area contributed by atoms with E-state index in [1.807, 2.05) is 6.07 Å². The van der Waals surface area contributed by atoms with Crippen molar-refractivity contribution in [1.29, 1.82) is 0 Å². The van der Waals surface area contributed by atoms with E-state index in [1.165, 1.54) is 6.07 Å². The van der Waals surface area contributed by atoms with E-state index < -0.39 is 0 Å². The minimum absolute atomic E-state index is 0.0365. The van der Waals surface area contributed by atoms with E-state index in [0.717, 1.165) is 29.4 Å². The van der Waals surface area contributed by atoms with Gasteiger partial charge in [-0.1, -0.05) is 29.8 Å². The van der Waals surface area contributed by atoms with Gasteiger partial charge in [0.25, 0.3) is 0 Å². The predicted molar refractivity (Wildman–Crippen MR) is 87.7 cm³/mol. The quantitative estimate of drug-likeness (QED) is 0.808. The molecule has 1 rings (SSSR count). The van der Waals surface area contributed by atoms with Crippen LogP contribution in [0.15, 0.2) is 22.7 Å². The predicted octanol–water partition coefficient (Wildman–Crippen LogP) is 3.84. The van der Waals surface area contributed by atoms with E-state index in [2.05, 4.69) is 61.0 Å². The van der Waals surface area contributed by atoms with Crippen LogP contribution in [-0.2, 0) is 6.42 Å². The number of benzene rings is 1. The van der Waals surface area contributed by atoms with Gasteiger partial charge in [-0.15, -0.1) is 0 Å². The summed E-state index contributed by atoms with van der Waals surface area (Å²) >= 11 is 3.37. The zero-order chi connectivity index (χ0) is 15.3. The molecule has 2 unspecified atom stereocenters. The number of nitrogens with zero attached hydrogens (tertiary/aromatic N) is 1. The third-order valence-corrected chi connectivity index (χ3v) is 4.76. The summed E-state index contributed by atoms with van der Waals surface area (Å²) in [7, 11) is 4.21. The molecule has 2 nitrogen and oxygen atoms in total. The van der Waals surface area contributed by atoms with Gasteiger partial charge in [0, 0.05) is 16.1 Å². The Morgan fingerprint density at radius 1 is 1.30 bits per heavy atom. The van der Waals surface area contributed by atoms with Gasteiger partial charge in [-0.05, 0) is 64.2 Å². The normalized spacial score (nSPS) is 16.2. The molecule has 2 atom stereocenters. The Kier molecular flexibility index (Phi) is 6.62. The lowest BCUT2D eigenvalue weighted by atomic mass is 9.84. The van der Waals surface area contributed by atoms with Crippen LogP contribution in [0, 0.1) is 5.82 Å². The monoisotopic (exact) mass is 344 g/mol. The SMILES string of the molecule is CCNC(Cc1cc(F)cc(Br)c1)C(C)(CC)N(C)C. The van der Waals surface area contributed by atoms with Crippen LogP contribution in [0.25, 0.3) is 0 Å². The lowest BCUT2D eigenvalue weighted by Crippen LogP contribution is -2.57. The average molecular weight is 345 g/mol. The van der Waals surface area contributed by atoms with Gasteiger partial charge in [-0.3, -0.25) is 0 Å². The van der Waals surface area contributed by atoms with Crippen LogP contribution in [0.1, 0.15) is 32.8 Å². The molecule has 0 aliphatic heterocycles. The standard InChI is InChI=1S/C16H26BrFN2/c1-6-16(3,20(4)5)15(19-7-2)10-12-8-13(17)11-14(18)9-12/h8-9,11,15,19H,6-7,10H2,1-5H3. The Labute approximate surface area is 130 Å². The van der Waals surface area contributed by atoms with Crippen LogP contribution in [0.3, 0.4) is 0 Å². The fourth-order valence-corrected chi connectivity index (χ4v) is 3.11. The van der Waals surface area contributed by atoms with Crippen molar-refractivity contribution in [3.63, 3.8) is 0 Å². The van der Waals surface area contributed by atoms with Crippen molar-refractivity contribution in [2.75, 3.05) is 20.6 Å². The minimum atomic E-state index is -0.187. The third kappa shape index (κ3) is 4.27. The molecule has 1 aromatic rings. The molecular weight excluding hydrogens is 319 g/mol. The first-order valence-corrected chi connectivity index (χ1v) is 7.98. The largest absolute Gasteiger partial charge is 0.312 e. The topological polar surface area (TPSA) is 15.3 Å². The van der Waals surface area contributed by atoms with Crippen LogP contribution in [0.4, 0.5) is 4.39 Å². The van der Waals surface area contributed by atoms with Gasteiger partial charge in [-0.25, -0.2) is 4.39 Å². The highest BCUT2D eigenvalue weighted by atomic mass is 79.9. The Hall–Kier alpha value is -0.450. The molecule has 20 heavy (non-hydrogen) atoms. The number of hydrogen-bond acceptors (Lipinski definition) is 2. The molecule has 4 heteroatoms. The summed E-state index contributed by atoms with van der Waals surface area (Å²) in [5.41, 5.74) is 1.05. The molecule has 1 aromatic carbocycles. The van der Waals surface area contributed by atoms with E-state index in [-0.39, 0.29) is 17.4 Å². The molecule has 114 valence electrons. The first-order chi connectivity index (χ1) is 9.33. The highest BCUT2D eigenvalue weighted by Crippen LogP contribution is 2.25. The third-order valence-electron chi connectivity index (χ3n) is 4.30. The maximum absolute atomic E-state index is 13.5. The molecule has 0 saturated carbocycles. The smallest absolute Gasteiger partial charge is 0.124 e. The lowest BCUT2D eigenvalue weighted by molar-refractivity contribution is 0.113. The van der Waals surface area contributed by atoms with E-state index in [1.54, 1.807) is 6.07 Å². The fourth-order valence-electron chi connectivity index (χ4n) is 2.60. The van der Waals surface area contributed by atoms with E-state index in [4.69, 9.17) is 0 Å². The van der Waals surface area contributed by atoms with E-state index >= 15 is 0 Å². The first kappa shape index (κ1) is 17.6. The number of hydrogen-bond donors (Lipinski definition) is 1. The maximum atomic E-state index is 13.5. The second-order valence-corrected chi connectivity index (χ2v) is 6.61. The van der Waals surface area contributed by atoms with Crippen molar-refractivity contribution in [3.05, 3.63) is 34.1 Å². The second-order valence-electron chi connectivity index (χ2n) is 5.70. The summed E-state index contributed by atoms with van der Waals surface area (Å²) in [5.74, 6) is -0.187. The van der Waals surface area contributed by atoms with Gasteiger partial charge in [0.2, 0.25) is 0 Å². The molecule has 0 heterocycles. The summed E-state index contributed by atoms with van der Waals surface area (Å²) in [5, 5.41) is 3.56. The second kappa shape index (κ2) is 7.53. The number of nitrogens with one attached hydrogen (secondary N) is 1. The molecule has 0 fully saturated rings. The van der Waals surface area contributed by atoms with Crippen molar-refractivity contribution in [2.45, 2.75) is 45.2 Å². The zero-order valence-corrected chi connectivity index (χ0v) is 14.7. The van der Waals surface area contributed by atoms with Crippen LogP contribution in [0.2, 0.25) is 0 Å².